The van der Waals surface area contributed by atoms with E-state index in [0.29, 0.717) is 12.0 Å². The van der Waals surface area contributed by atoms with E-state index in [1.807, 2.05) is 11.0 Å². The lowest BCUT2D eigenvalue weighted by Crippen LogP contribution is -2.41. The van der Waals surface area contributed by atoms with E-state index in [0.717, 1.165) is 18.5 Å². The topological polar surface area (TPSA) is 20.3 Å². The first-order valence-electron chi connectivity index (χ1n) is 6.03. The SMILES string of the molecule is CCC1CC(C)N(C(C)=O)c2ccccc21. The van der Waals surface area contributed by atoms with Crippen molar-refractivity contribution in [2.45, 2.75) is 45.6 Å². The van der Waals surface area contributed by atoms with Crippen molar-refractivity contribution in [2.75, 3.05) is 4.90 Å². The fourth-order valence-electron chi connectivity index (χ4n) is 2.80. The molecule has 0 aromatic heterocycles. The second-order valence-electron chi connectivity index (χ2n) is 4.64. The van der Waals surface area contributed by atoms with Crippen molar-refractivity contribution in [3.05, 3.63) is 29.8 Å². The van der Waals surface area contributed by atoms with Crippen LogP contribution in [0.4, 0.5) is 5.69 Å². The van der Waals surface area contributed by atoms with Gasteiger partial charge in [-0.25, -0.2) is 0 Å². The highest BCUT2D eigenvalue weighted by atomic mass is 16.2. The van der Waals surface area contributed by atoms with Gasteiger partial charge in [0.15, 0.2) is 0 Å². The molecule has 2 nitrogen and oxygen atoms in total. The molecule has 1 aromatic carbocycles. The molecule has 0 spiro atoms. The van der Waals surface area contributed by atoms with E-state index >= 15 is 0 Å². The fraction of sp³-hybridized carbons (Fsp3) is 0.500. The molecule has 1 aromatic rings. The van der Waals surface area contributed by atoms with E-state index in [9.17, 15) is 4.79 Å². The number of fused-ring (bicyclic) bond motifs is 1. The molecule has 1 aliphatic heterocycles. The van der Waals surface area contributed by atoms with Crippen LogP contribution in [0.1, 0.15) is 45.1 Å². The largest absolute Gasteiger partial charge is 0.310 e. The zero-order valence-electron chi connectivity index (χ0n) is 10.2. The number of hydrogen-bond acceptors (Lipinski definition) is 1. The minimum absolute atomic E-state index is 0.148. The summed E-state index contributed by atoms with van der Waals surface area (Å²) in [5, 5.41) is 0. The quantitative estimate of drug-likeness (QED) is 0.706. The molecule has 0 fully saturated rings. The molecule has 2 atom stereocenters. The van der Waals surface area contributed by atoms with Crippen molar-refractivity contribution in [2.24, 2.45) is 0 Å². The lowest BCUT2D eigenvalue weighted by molar-refractivity contribution is -0.117. The third-order valence-corrected chi connectivity index (χ3v) is 3.53. The van der Waals surface area contributed by atoms with Gasteiger partial charge in [0, 0.05) is 18.7 Å². The molecular weight excluding hydrogens is 198 g/mol. The summed E-state index contributed by atoms with van der Waals surface area (Å²) in [5.74, 6) is 0.747. The predicted molar refractivity (Wildman–Crippen MR) is 66.7 cm³/mol. The van der Waals surface area contributed by atoms with Crippen molar-refractivity contribution < 1.29 is 4.79 Å². The zero-order chi connectivity index (χ0) is 11.7. The van der Waals surface area contributed by atoms with Crippen LogP contribution in [0, 0.1) is 0 Å². The normalized spacial score (nSPS) is 24.1. The third-order valence-electron chi connectivity index (χ3n) is 3.53. The number of hydrogen-bond donors (Lipinski definition) is 0. The van der Waals surface area contributed by atoms with E-state index in [1.165, 1.54) is 5.56 Å². The Bertz CT molecular complexity index is 399. The van der Waals surface area contributed by atoms with Crippen LogP contribution in [-0.4, -0.2) is 11.9 Å². The smallest absolute Gasteiger partial charge is 0.224 e. The van der Waals surface area contributed by atoms with Crippen molar-refractivity contribution in [1.29, 1.82) is 0 Å². The molecule has 2 heteroatoms. The number of benzene rings is 1. The highest BCUT2D eigenvalue weighted by molar-refractivity contribution is 5.93. The maximum absolute atomic E-state index is 11.7. The van der Waals surface area contributed by atoms with E-state index in [-0.39, 0.29) is 5.91 Å². The second-order valence-corrected chi connectivity index (χ2v) is 4.64. The van der Waals surface area contributed by atoms with Gasteiger partial charge in [0.2, 0.25) is 5.91 Å². The molecule has 0 bridgehead atoms. The summed E-state index contributed by atoms with van der Waals surface area (Å²) in [6.45, 7) is 6.01. The average Bonchev–Trinajstić information content (AvgIpc) is 2.27. The summed E-state index contributed by atoms with van der Waals surface area (Å²) in [5.41, 5.74) is 2.44. The number of carbonyl (C=O) groups is 1. The molecule has 1 aliphatic rings. The summed E-state index contributed by atoms with van der Waals surface area (Å²) in [6.07, 6.45) is 2.22. The molecule has 1 amide bonds. The molecule has 16 heavy (non-hydrogen) atoms. The maximum atomic E-state index is 11.7. The minimum atomic E-state index is 0.148. The summed E-state index contributed by atoms with van der Waals surface area (Å²) in [7, 11) is 0. The van der Waals surface area contributed by atoms with Gasteiger partial charge in [0.05, 0.1) is 0 Å². The number of amides is 1. The molecule has 0 radical (unpaired) electrons. The van der Waals surface area contributed by atoms with Crippen LogP contribution in [0.15, 0.2) is 24.3 Å². The fourth-order valence-corrected chi connectivity index (χ4v) is 2.80. The number of rotatable bonds is 1. The van der Waals surface area contributed by atoms with Gasteiger partial charge in [-0.15, -0.1) is 0 Å². The van der Waals surface area contributed by atoms with Gasteiger partial charge in [0.25, 0.3) is 0 Å². The Kier molecular flexibility index (Phi) is 2.99. The molecule has 0 N–H and O–H groups in total. The Hall–Kier alpha value is -1.31. The van der Waals surface area contributed by atoms with Gasteiger partial charge < -0.3 is 4.90 Å². The van der Waals surface area contributed by atoms with E-state index in [2.05, 4.69) is 32.0 Å². The summed E-state index contributed by atoms with van der Waals surface area (Å²) in [4.78, 5) is 13.6. The highest BCUT2D eigenvalue weighted by Gasteiger charge is 2.30. The van der Waals surface area contributed by atoms with Gasteiger partial charge in [0.1, 0.15) is 0 Å². The Labute approximate surface area is 97.3 Å². The van der Waals surface area contributed by atoms with Gasteiger partial charge in [-0.05, 0) is 37.3 Å². The Morgan fingerprint density at radius 3 is 2.75 bits per heavy atom. The van der Waals surface area contributed by atoms with Crippen molar-refractivity contribution >= 4 is 11.6 Å². The number of carbonyl (C=O) groups excluding carboxylic acids is 1. The molecule has 86 valence electrons. The molecular formula is C14H19NO. The van der Waals surface area contributed by atoms with Crippen LogP contribution in [0.25, 0.3) is 0 Å². The van der Waals surface area contributed by atoms with Crippen LogP contribution in [0.3, 0.4) is 0 Å². The second kappa shape index (κ2) is 4.28. The molecule has 2 unspecified atom stereocenters. The van der Waals surface area contributed by atoms with E-state index in [1.54, 1.807) is 6.92 Å². The van der Waals surface area contributed by atoms with E-state index < -0.39 is 0 Å². The first kappa shape index (κ1) is 11.2. The average molecular weight is 217 g/mol. The zero-order valence-corrected chi connectivity index (χ0v) is 10.2. The maximum Gasteiger partial charge on any atom is 0.224 e. The van der Waals surface area contributed by atoms with Gasteiger partial charge >= 0.3 is 0 Å². The van der Waals surface area contributed by atoms with E-state index in [4.69, 9.17) is 0 Å². The summed E-state index contributed by atoms with van der Waals surface area (Å²) < 4.78 is 0. The van der Waals surface area contributed by atoms with Crippen molar-refractivity contribution in [3.63, 3.8) is 0 Å². The first-order valence-corrected chi connectivity index (χ1v) is 6.03. The number of nitrogens with zero attached hydrogens (tertiary/aromatic N) is 1. The van der Waals surface area contributed by atoms with Crippen LogP contribution in [-0.2, 0) is 4.79 Å². The molecule has 2 rings (SSSR count). The van der Waals surface area contributed by atoms with Gasteiger partial charge in [-0.2, -0.15) is 0 Å². The minimum Gasteiger partial charge on any atom is -0.310 e. The first-order chi connectivity index (χ1) is 7.65. The van der Waals surface area contributed by atoms with Crippen LogP contribution >= 0.6 is 0 Å². The van der Waals surface area contributed by atoms with Crippen LogP contribution in [0.5, 0.6) is 0 Å². The van der Waals surface area contributed by atoms with Gasteiger partial charge in [-0.3, -0.25) is 4.79 Å². The molecule has 1 heterocycles. The lowest BCUT2D eigenvalue weighted by Gasteiger charge is -2.38. The van der Waals surface area contributed by atoms with Crippen LogP contribution < -0.4 is 4.90 Å². The van der Waals surface area contributed by atoms with Crippen LogP contribution in [0.2, 0.25) is 0 Å². The summed E-state index contributed by atoms with van der Waals surface area (Å²) in [6, 6.07) is 8.62. The third kappa shape index (κ3) is 1.73. The molecule has 0 saturated carbocycles. The highest BCUT2D eigenvalue weighted by Crippen LogP contribution is 2.39. The Morgan fingerprint density at radius 1 is 1.44 bits per heavy atom. The number of para-hydroxylation sites is 1. The monoisotopic (exact) mass is 217 g/mol. The summed E-state index contributed by atoms with van der Waals surface area (Å²) >= 11 is 0. The standard InChI is InChI=1S/C14H19NO/c1-4-12-9-10(2)15(11(3)16)14-8-6-5-7-13(12)14/h5-8,10,12H,4,9H2,1-3H3. The van der Waals surface area contributed by atoms with Gasteiger partial charge in [-0.1, -0.05) is 25.1 Å². The Balaban J connectivity index is 2.49. The molecule has 0 aliphatic carbocycles. The predicted octanol–water partition coefficient (Wildman–Crippen LogP) is 3.33. The van der Waals surface area contributed by atoms with Crippen molar-refractivity contribution in [3.8, 4) is 0 Å². The Morgan fingerprint density at radius 2 is 2.12 bits per heavy atom. The van der Waals surface area contributed by atoms with Crippen molar-refractivity contribution in [1.82, 2.24) is 0 Å². The lowest BCUT2D eigenvalue weighted by atomic mass is 9.84. The molecule has 0 saturated heterocycles. The number of anilines is 1.